The summed E-state index contributed by atoms with van der Waals surface area (Å²) < 4.78 is 10.7. The fourth-order valence-corrected chi connectivity index (χ4v) is 5.18. The van der Waals surface area contributed by atoms with Gasteiger partial charge < -0.3 is 20.1 Å². The minimum Gasteiger partial charge on any atom is -0.493 e. The van der Waals surface area contributed by atoms with E-state index < -0.39 is 0 Å². The van der Waals surface area contributed by atoms with Crippen LogP contribution in [0.5, 0.6) is 11.5 Å². The van der Waals surface area contributed by atoms with E-state index in [9.17, 15) is 0 Å². The number of likely N-dealkylation sites (tertiary alicyclic amines) is 1. The van der Waals surface area contributed by atoms with Gasteiger partial charge in [-0.2, -0.15) is 0 Å². The summed E-state index contributed by atoms with van der Waals surface area (Å²) in [6, 6.07) is 11.0. The first-order chi connectivity index (χ1) is 14.7. The molecule has 1 aromatic heterocycles. The summed E-state index contributed by atoms with van der Waals surface area (Å²) in [5.74, 6) is 2.95. The van der Waals surface area contributed by atoms with Crippen molar-refractivity contribution < 1.29 is 9.47 Å². The molecule has 2 aromatic rings. The lowest BCUT2D eigenvalue weighted by Crippen LogP contribution is -2.45. The fourth-order valence-electron chi connectivity index (χ4n) is 4.19. The quantitative estimate of drug-likeness (QED) is 0.290. The molecular formula is C23H35IN4O2S. The van der Waals surface area contributed by atoms with Gasteiger partial charge in [0.2, 0.25) is 0 Å². The third kappa shape index (κ3) is 6.98. The predicted molar refractivity (Wildman–Crippen MR) is 140 cm³/mol. The lowest BCUT2D eigenvalue weighted by atomic mass is 9.88. The number of hydrogen-bond acceptors (Lipinski definition) is 5. The van der Waals surface area contributed by atoms with Crippen molar-refractivity contribution in [3.8, 4) is 11.5 Å². The number of thiophene rings is 1. The van der Waals surface area contributed by atoms with Gasteiger partial charge in [-0.15, -0.1) is 35.3 Å². The van der Waals surface area contributed by atoms with E-state index in [0.717, 1.165) is 43.5 Å². The molecule has 2 unspecified atom stereocenters. The third-order valence-electron chi connectivity index (χ3n) is 5.75. The van der Waals surface area contributed by atoms with Crippen molar-refractivity contribution in [3.05, 3.63) is 46.2 Å². The van der Waals surface area contributed by atoms with E-state index in [-0.39, 0.29) is 24.0 Å². The molecule has 0 radical (unpaired) electrons. The molecular weight excluding hydrogens is 523 g/mol. The number of nitrogens with one attached hydrogen (secondary N) is 2. The summed E-state index contributed by atoms with van der Waals surface area (Å²) in [5.41, 5.74) is 1.20. The van der Waals surface area contributed by atoms with Gasteiger partial charge in [0.15, 0.2) is 17.5 Å². The van der Waals surface area contributed by atoms with Gasteiger partial charge in [-0.05, 0) is 67.9 Å². The molecule has 2 heterocycles. The minimum atomic E-state index is 0. The van der Waals surface area contributed by atoms with E-state index in [4.69, 9.17) is 9.47 Å². The molecule has 2 N–H and O–H groups in total. The largest absolute Gasteiger partial charge is 0.493 e. The predicted octanol–water partition coefficient (Wildman–Crippen LogP) is 4.17. The highest BCUT2D eigenvalue weighted by Gasteiger charge is 2.31. The first-order valence-corrected chi connectivity index (χ1v) is 11.4. The molecule has 3 rings (SSSR count). The van der Waals surface area contributed by atoms with Crippen molar-refractivity contribution in [3.63, 3.8) is 0 Å². The Bertz CT molecular complexity index is 816. The van der Waals surface area contributed by atoms with Crippen molar-refractivity contribution in [2.75, 3.05) is 47.9 Å². The minimum absolute atomic E-state index is 0. The molecule has 6 nitrogen and oxygen atoms in total. The van der Waals surface area contributed by atoms with E-state index in [1.54, 1.807) is 14.2 Å². The SMILES string of the molecule is CN=C(NCCc1ccc(OC)c(OC)c1)NCC1CCCN(C)C1c1cccs1.I. The monoisotopic (exact) mass is 558 g/mol. The van der Waals surface area contributed by atoms with Crippen LogP contribution in [0.1, 0.15) is 29.3 Å². The number of piperidine rings is 1. The topological polar surface area (TPSA) is 58.1 Å². The highest BCUT2D eigenvalue weighted by atomic mass is 127. The summed E-state index contributed by atoms with van der Waals surface area (Å²) in [5, 5.41) is 9.17. The highest BCUT2D eigenvalue weighted by molar-refractivity contribution is 14.0. The number of aliphatic imine (C=N–C) groups is 1. The number of rotatable bonds is 8. The number of ether oxygens (including phenoxy) is 2. The van der Waals surface area contributed by atoms with Crippen LogP contribution in [-0.2, 0) is 6.42 Å². The molecule has 0 amide bonds. The molecule has 1 aliphatic heterocycles. The number of nitrogens with zero attached hydrogens (tertiary/aromatic N) is 2. The molecule has 31 heavy (non-hydrogen) atoms. The van der Waals surface area contributed by atoms with Crippen LogP contribution in [0, 0.1) is 5.92 Å². The standard InChI is InChI=1S/C23H34N4O2S.HI/c1-24-23(25-12-11-17-9-10-19(28-3)20(15-17)29-4)26-16-18-7-5-13-27(2)22(18)21-8-6-14-30-21;/h6,8-10,14-15,18,22H,5,7,11-13,16H2,1-4H3,(H2,24,25,26);1H. The first-order valence-electron chi connectivity index (χ1n) is 10.5. The van der Waals surface area contributed by atoms with Crippen LogP contribution in [-0.4, -0.2) is 58.8 Å². The van der Waals surface area contributed by atoms with Crippen LogP contribution in [0.4, 0.5) is 0 Å². The van der Waals surface area contributed by atoms with E-state index >= 15 is 0 Å². The average Bonchev–Trinajstić information content (AvgIpc) is 3.30. The molecule has 8 heteroatoms. The smallest absolute Gasteiger partial charge is 0.190 e. The molecule has 0 spiro atoms. The van der Waals surface area contributed by atoms with Crippen LogP contribution in [0.3, 0.4) is 0 Å². The number of benzene rings is 1. The van der Waals surface area contributed by atoms with Crippen LogP contribution in [0.15, 0.2) is 40.7 Å². The van der Waals surface area contributed by atoms with Gasteiger partial charge in [0, 0.05) is 31.1 Å². The van der Waals surface area contributed by atoms with Gasteiger partial charge in [0.1, 0.15) is 0 Å². The molecule has 1 saturated heterocycles. The van der Waals surface area contributed by atoms with Gasteiger partial charge in [-0.3, -0.25) is 9.89 Å². The molecule has 0 saturated carbocycles. The Morgan fingerprint density at radius 2 is 2.00 bits per heavy atom. The maximum Gasteiger partial charge on any atom is 0.190 e. The second-order valence-corrected chi connectivity index (χ2v) is 8.64. The van der Waals surface area contributed by atoms with Crippen molar-refractivity contribution in [1.82, 2.24) is 15.5 Å². The Labute approximate surface area is 207 Å². The maximum absolute atomic E-state index is 5.40. The summed E-state index contributed by atoms with van der Waals surface area (Å²) >= 11 is 1.86. The first kappa shape index (κ1) is 25.7. The van der Waals surface area contributed by atoms with E-state index in [2.05, 4.69) is 51.2 Å². The molecule has 1 aromatic carbocycles. The number of guanidine groups is 1. The molecule has 1 fully saturated rings. The van der Waals surface area contributed by atoms with Crippen molar-refractivity contribution in [2.45, 2.75) is 25.3 Å². The van der Waals surface area contributed by atoms with Crippen molar-refractivity contribution in [1.29, 1.82) is 0 Å². The van der Waals surface area contributed by atoms with Crippen LogP contribution >= 0.6 is 35.3 Å². The fraction of sp³-hybridized carbons (Fsp3) is 0.522. The number of hydrogen-bond donors (Lipinski definition) is 2. The van der Waals surface area contributed by atoms with Gasteiger partial charge in [-0.1, -0.05) is 12.1 Å². The van der Waals surface area contributed by atoms with Gasteiger partial charge in [-0.25, -0.2) is 0 Å². The second-order valence-electron chi connectivity index (χ2n) is 7.66. The Hall–Kier alpha value is -1.52. The normalized spacial score (nSPS) is 19.4. The molecule has 172 valence electrons. The molecule has 0 bridgehead atoms. The van der Waals surface area contributed by atoms with Gasteiger partial charge in [0.05, 0.1) is 14.2 Å². The van der Waals surface area contributed by atoms with E-state index in [0.29, 0.717) is 12.0 Å². The molecule has 2 atom stereocenters. The zero-order valence-electron chi connectivity index (χ0n) is 18.9. The van der Waals surface area contributed by atoms with Crippen molar-refractivity contribution >= 4 is 41.3 Å². The second kappa shape index (κ2) is 13.1. The Balaban J connectivity index is 0.00000341. The third-order valence-corrected chi connectivity index (χ3v) is 6.69. The van der Waals surface area contributed by atoms with Crippen LogP contribution in [0.2, 0.25) is 0 Å². The summed E-state index contributed by atoms with van der Waals surface area (Å²) in [4.78, 5) is 8.36. The summed E-state index contributed by atoms with van der Waals surface area (Å²) in [6.45, 7) is 2.88. The zero-order valence-corrected chi connectivity index (χ0v) is 22.0. The van der Waals surface area contributed by atoms with Crippen LogP contribution < -0.4 is 20.1 Å². The van der Waals surface area contributed by atoms with E-state index in [1.807, 2.05) is 30.5 Å². The van der Waals surface area contributed by atoms with Crippen LogP contribution in [0.25, 0.3) is 0 Å². The Morgan fingerprint density at radius 1 is 1.19 bits per heavy atom. The van der Waals surface area contributed by atoms with Gasteiger partial charge >= 0.3 is 0 Å². The zero-order chi connectivity index (χ0) is 21.3. The number of halogens is 1. The Kier molecular flexibility index (Phi) is 10.9. The molecule has 1 aliphatic rings. The average molecular weight is 559 g/mol. The molecule has 0 aliphatic carbocycles. The van der Waals surface area contributed by atoms with E-state index in [1.165, 1.54) is 23.3 Å². The van der Waals surface area contributed by atoms with Crippen molar-refractivity contribution in [2.24, 2.45) is 10.9 Å². The van der Waals surface area contributed by atoms with Gasteiger partial charge in [0.25, 0.3) is 0 Å². The summed E-state index contributed by atoms with van der Waals surface area (Å²) in [7, 11) is 7.39. The Morgan fingerprint density at radius 3 is 2.68 bits per heavy atom. The summed E-state index contributed by atoms with van der Waals surface area (Å²) in [6.07, 6.45) is 3.36. The number of methoxy groups -OCH3 is 2. The maximum atomic E-state index is 5.40. The lowest BCUT2D eigenvalue weighted by molar-refractivity contribution is 0.125. The lowest BCUT2D eigenvalue weighted by Gasteiger charge is -2.39. The highest BCUT2D eigenvalue weighted by Crippen LogP contribution is 2.36.